The maximum Gasteiger partial charge on any atom is 0.0945 e. The zero-order valence-electron chi connectivity index (χ0n) is 10.0. The molecule has 0 fully saturated rings. The highest BCUT2D eigenvalue weighted by molar-refractivity contribution is 5.35. The summed E-state index contributed by atoms with van der Waals surface area (Å²) < 4.78 is 0. The second kappa shape index (κ2) is 5.29. The van der Waals surface area contributed by atoms with Gasteiger partial charge in [-0.25, -0.2) is 0 Å². The Bertz CT molecular complexity index is 302. The van der Waals surface area contributed by atoms with E-state index in [0.29, 0.717) is 0 Å². The van der Waals surface area contributed by atoms with E-state index in [9.17, 15) is 5.11 Å². The highest BCUT2D eigenvalue weighted by Crippen LogP contribution is 2.24. The molecular formula is C13H21NO. The first kappa shape index (κ1) is 12.2. The number of likely N-dealkylation sites (N-methyl/N-ethyl adjacent to an activating group) is 1. The summed E-state index contributed by atoms with van der Waals surface area (Å²) in [6, 6.07) is 6.21. The van der Waals surface area contributed by atoms with Crippen LogP contribution in [-0.4, -0.2) is 17.7 Å². The Morgan fingerprint density at radius 2 is 1.80 bits per heavy atom. The van der Waals surface area contributed by atoms with Gasteiger partial charge in [-0.05, 0) is 44.0 Å². The fourth-order valence-electron chi connectivity index (χ4n) is 1.98. The van der Waals surface area contributed by atoms with Crippen molar-refractivity contribution < 1.29 is 5.11 Å². The van der Waals surface area contributed by atoms with E-state index in [-0.39, 0.29) is 6.04 Å². The Labute approximate surface area is 92.3 Å². The second-order valence-electron chi connectivity index (χ2n) is 4.10. The predicted octanol–water partition coefficient (Wildman–Crippen LogP) is 2.33. The first-order valence-corrected chi connectivity index (χ1v) is 5.55. The topological polar surface area (TPSA) is 32.3 Å². The van der Waals surface area contributed by atoms with Gasteiger partial charge in [0.05, 0.1) is 6.10 Å². The first-order chi connectivity index (χ1) is 7.07. The zero-order chi connectivity index (χ0) is 11.4. The molecule has 0 aromatic heterocycles. The molecule has 1 aromatic carbocycles. The van der Waals surface area contributed by atoms with Crippen LogP contribution in [0, 0.1) is 13.8 Å². The molecule has 0 saturated heterocycles. The van der Waals surface area contributed by atoms with E-state index in [0.717, 1.165) is 23.2 Å². The van der Waals surface area contributed by atoms with Gasteiger partial charge in [0, 0.05) is 6.04 Å². The summed E-state index contributed by atoms with van der Waals surface area (Å²) in [5, 5.41) is 13.5. The molecule has 0 aliphatic rings. The number of aliphatic hydroxyl groups is 1. The molecule has 0 amide bonds. The van der Waals surface area contributed by atoms with Gasteiger partial charge in [-0.15, -0.1) is 0 Å². The summed E-state index contributed by atoms with van der Waals surface area (Å²) in [6.07, 6.45) is -0.425. The summed E-state index contributed by atoms with van der Waals surface area (Å²) >= 11 is 0. The average molecular weight is 207 g/mol. The van der Waals surface area contributed by atoms with Gasteiger partial charge in [0.1, 0.15) is 0 Å². The van der Waals surface area contributed by atoms with Crippen LogP contribution >= 0.6 is 0 Å². The maximum atomic E-state index is 10.2. The smallest absolute Gasteiger partial charge is 0.0945 e. The summed E-state index contributed by atoms with van der Waals surface area (Å²) in [6.45, 7) is 9.03. The van der Waals surface area contributed by atoms with E-state index in [4.69, 9.17) is 0 Å². The van der Waals surface area contributed by atoms with Crippen molar-refractivity contribution in [3.05, 3.63) is 34.9 Å². The van der Waals surface area contributed by atoms with Crippen molar-refractivity contribution in [1.29, 1.82) is 0 Å². The molecule has 0 bridgehead atoms. The van der Waals surface area contributed by atoms with E-state index in [1.165, 1.54) is 0 Å². The van der Waals surface area contributed by atoms with Gasteiger partial charge in [-0.2, -0.15) is 0 Å². The molecule has 2 N–H and O–H groups in total. The van der Waals surface area contributed by atoms with Crippen molar-refractivity contribution in [1.82, 2.24) is 5.32 Å². The van der Waals surface area contributed by atoms with Crippen molar-refractivity contribution in [2.75, 3.05) is 6.54 Å². The predicted molar refractivity (Wildman–Crippen MR) is 64.0 cm³/mol. The third kappa shape index (κ3) is 2.80. The molecule has 0 aliphatic heterocycles. The van der Waals surface area contributed by atoms with E-state index in [2.05, 4.69) is 5.32 Å². The average Bonchev–Trinajstić information content (AvgIpc) is 2.17. The SMILES string of the molecule is CCNC(C)C(O)c1c(C)cccc1C. The first-order valence-electron chi connectivity index (χ1n) is 5.55. The lowest BCUT2D eigenvalue weighted by atomic mass is 9.94. The molecule has 15 heavy (non-hydrogen) atoms. The lowest BCUT2D eigenvalue weighted by Crippen LogP contribution is -2.32. The molecule has 1 aromatic rings. The van der Waals surface area contributed by atoms with Gasteiger partial charge in [0.2, 0.25) is 0 Å². The molecule has 0 aliphatic carbocycles. The van der Waals surface area contributed by atoms with Gasteiger partial charge in [-0.1, -0.05) is 25.1 Å². The Hall–Kier alpha value is -0.860. The third-order valence-corrected chi connectivity index (χ3v) is 2.84. The van der Waals surface area contributed by atoms with E-state index in [1.807, 2.05) is 45.9 Å². The quantitative estimate of drug-likeness (QED) is 0.794. The standard InChI is InChI=1S/C13H21NO/c1-5-14-11(4)13(15)12-9(2)7-6-8-10(12)3/h6-8,11,13-15H,5H2,1-4H3. The molecule has 0 spiro atoms. The van der Waals surface area contributed by atoms with Crippen LogP contribution in [0.15, 0.2) is 18.2 Å². The third-order valence-electron chi connectivity index (χ3n) is 2.84. The van der Waals surface area contributed by atoms with Crippen molar-refractivity contribution in [2.45, 2.75) is 39.8 Å². The Kier molecular flexibility index (Phi) is 4.30. The van der Waals surface area contributed by atoms with Gasteiger partial charge in [0.15, 0.2) is 0 Å². The van der Waals surface area contributed by atoms with Crippen molar-refractivity contribution in [3.8, 4) is 0 Å². The summed E-state index contributed by atoms with van der Waals surface area (Å²) in [5.74, 6) is 0. The minimum absolute atomic E-state index is 0.0924. The molecule has 84 valence electrons. The monoisotopic (exact) mass is 207 g/mol. The fourth-order valence-corrected chi connectivity index (χ4v) is 1.98. The van der Waals surface area contributed by atoms with Crippen LogP contribution in [0.2, 0.25) is 0 Å². The van der Waals surface area contributed by atoms with E-state index in [1.54, 1.807) is 0 Å². The number of aryl methyl sites for hydroxylation is 2. The van der Waals surface area contributed by atoms with Crippen LogP contribution in [0.1, 0.15) is 36.6 Å². The van der Waals surface area contributed by atoms with Crippen LogP contribution in [0.3, 0.4) is 0 Å². The molecular weight excluding hydrogens is 186 g/mol. The Balaban J connectivity index is 2.94. The van der Waals surface area contributed by atoms with Crippen molar-refractivity contribution in [3.63, 3.8) is 0 Å². The normalized spacial score (nSPS) is 15.0. The van der Waals surface area contributed by atoms with Gasteiger partial charge in [0.25, 0.3) is 0 Å². The fraction of sp³-hybridized carbons (Fsp3) is 0.538. The van der Waals surface area contributed by atoms with Crippen LogP contribution in [0.4, 0.5) is 0 Å². The van der Waals surface area contributed by atoms with Gasteiger partial charge >= 0.3 is 0 Å². The number of hydrogen-bond donors (Lipinski definition) is 2. The molecule has 2 nitrogen and oxygen atoms in total. The largest absolute Gasteiger partial charge is 0.387 e. The van der Waals surface area contributed by atoms with Crippen molar-refractivity contribution in [2.24, 2.45) is 0 Å². The van der Waals surface area contributed by atoms with Gasteiger partial charge in [-0.3, -0.25) is 0 Å². The lowest BCUT2D eigenvalue weighted by Gasteiger charge is -2.23. The highest BCUT2D eigenvalue weighted by atomic mass is 16.3. The Morgan fingerprint density at radius 3 is 2.27 bits per heavy atom. The van der Waals surface area contributed by atoms with E-state index < -0.39 is 6.10 Å². The summed E-state index contributed by atoms with van der Waals surface area (Å²) in [7, 11) is 0. The minimum Gasteiger partial charge on any atom is -0.387 e. The Morgan fingerprint density at radius 1 is 1.27 bits per heavy atom. The molecule has 2 unspecified atom stereocenters. The highest BCUT2D eigenvalue weighted by Gasteiger charge is 2.18. The van der Waals surface area contributed by atoms with Crippen LogP contribution < -0.4 is 5.32 Å². The minimum atomic E-state index is -0.425. The van der Waals surface area contributed by atoms with Crippen LogP contribution in [-0.2, 0) is 0 Å². The molecule has 2 heteroatoms. The molecule has 1 rings (SSSR count). The molecule has 0 radical (unpaired) electrons. The second-order valence-corrected chi connectivity index (χ2v) is 4.10. The number of hydrogen-bond acceptors (Lipinski definition) is 2. The van der Waals surface area contributed by atoms with Crippen LogP contribution in [0.25, 0.3) is 0 Å². The van der Waals surface area contributed by atoms with E-state index >= 15 is 0 Å². The number of nitrogens with one attached hydrogen (secondary N) is 1. The summed E-state index contributed by atoms with van der Waals surface area (Å²) in [5.41, 5.74) is 3.38. The molecule has 0 saturated carbocycles. The number of benzene rings is 1. The van der Waals surface area contributed by atoms with Crippen LogP contribution in [0.5, 0.6) is 0 Å². The lowest BCUT2D eigenvalue weighted by molar-refractivity contribution is 0.136. The molecule has 2 atom stereocenters. The number of aliphatic hydroxyl groups excluding tert-OH is 1. The zero-order valence-corrected chi connectivity index (χ0v) is 10.0. The summed E-state index contributed by atoms with van der Waals surface area (Å²) in [4.78, 5) is 0. The molecule has 0 heterocycles. The van der Waals surface area contributed by atoms with Crippen molar-refractivity contribution >= 4 is 0 Å². The maximum absolute atomic E-state index is 10.2. The number of rotatable bonds is 4. The van der Waals surface area contributed by atoms with Gasteiger partial charge < -0.3 is 10.4 Å².